The van der Waals surface area contributed by atoms with E-state index < -0.39 is 23.6 Å². The number of carbonyl (C=O) groups excluding carboxylic acids is 3. The third-order valence-electron chi connectivity index (χ3n) is 8.35. The van der Waals surface area contributed by atoms with Gasteiger partial charge in [-0.2, -0.15) is 0 Å². The molecule has 8 nitrogen and oxygen atoms in total. The Kier molecular flexibility index (Phi) is 5.79. The fourth-order valence-electron chi connectivity index (χ4n) is 6.23. The second kappa shape index (κ2) is 8.85. The van der Waals surface area contributed by atoms with Crippen LogP contribution in [0.5, 0.6) is 0 Å². The Bertz CT molecular complexity index is 1040. The molecule has 188 valence electrons. The fraction of sp³-hybridized carbons (Fsp3) is 0.654. The molecule has 2 saturated carbocycles. The van der Waals surface area contributed by atoms with Crippen LogP contribution < -0.4 is 10.2 Å². The number of anilines is 1. The third-order valence-corrected chi connectivity index (χ3v) is 8.35. The molecule has 0 aromatic heterocycles. The highest BCUT2D eigenvalue weighted by atomic mass is 19.1. The van der Waals surface area contributed by atoms with E-state index in [0.29, 0.717) is 18.8 Å². The monoisotopic (exact) mass is 485 g/mol. The first-order valence-corrected chi connectivity index (χ1v) is 12.9. The standard InChI is InChI=1S/C26H32FN3O5/c27-17-13-19-20(15-30(25(19)33)21-3-4-23(31)28-24(21)32)22(14-17)29(10-7-16-1-2-16)18-5-8-26(9-6-18)34-11-12-35-26/h13-14,16,18,21H,1-12,15H2,(H,28,31,32). The van der Waals surface area contributed by atoms with Crippen LogP contribution in [0.15, 0.2) is 12.1 Å². The molecule has 2 aliphatic carbocycles. The fourth-order valence-corrected chi connectivity index (χ4v) is 6.23. The summed E-state index contributed by atoms with van der Waals surface area (Å²) in [7, 11) is 0. The Morgan fingerprint density at radius 2 is 1.80 bits per heavy atom. The molecule has 3 amide bonds. The molecule has 3 heterocycles. The number of ether oxygens (including phenoxy) is 2. The van der Waals surface area contributed by atoms with E-state index in [4.69, 9.17) is 9.47 Å². The summed E-state index contributed by atoms with van der Waals surface area (Å²) in [5.41, 5.74) is 1.87. The van der Waals surface area contributed by atoms with Gasteiger partial charge in [-0.05, 0) is 43.7 Å². The average molecular weight is 486 g/mol. The van der Waals surface area contributed by atoms with Crippen molar-refractivity contribution in [2.75, 3.05) is 24.7 Å². The molecule has 1 aromatic rings. The summed E-state index contributed by atoms with van der Waals surface area (Å²) in [6, 6.07) is 2.34. The number of halogens is 1. The van der Waals surface area contributed by atoms with Crippen molar-refractivity contribution < 1.29 is 28.2 Å². The largest absolute Gasteiger partial charge is 0.368 e. The van der Waals surface area contributed by atoms with Crippen LogP contribution in [0, 0.1) is 11.7 Å². The Morgan fingerprint density at radius 3 is 2.49 bits per heavy atom. The molecular formula is C26H32FN3O5. The Morgan fingerprint density at radius 1 is 1.06 bits per heavy atom. The van der Waals surface area contributed by atoms with E-state index in [1.165, 1.54) is 23.8 Å². The lowest BCUT2D eigenvalue weighted by atomic mass is 9.88. The van der Waals surface area contributed by atoms with Gasteiger partial charge in [0.05, 0.1) is 13.2 Å². The molecule has 0 bridgehead atoms. The molecule has 35 heavy (non-hydrogen) atoms. The van der Waals surface area contributed by atoms with Crippen LogP contribution in [0.1, 0.15) is 73.7 Å². The van der Waals surface area contributed by atoms with E-state index in [1.54, 1.807) is 6.07 Å². The molecule has 1 unspecified atom stereocenters. The van der Waals surface area contributed by atoms with E-state index in [9.17, 15) is 18.8 Å². The topological polar surface area (TPSA) is 88.2 Å². The first-order chi connectivity index (χ1) is 16.9. The first kappa shape index (κ1) is 22.9. The van der Waals surface area contributed by atoms with Crippen molar-refractivity contribution in [2.45, 2.75) is 82.2 Å². The van der Waals surface area contributed by atoms with Gasteiger partial charge in [-0.15, -0.1) is 0 Å². The average Bonchev–Trinajstić information content (AvgIpc) is 3.47. The number of hydrogen-bond acceptors (Lipinski definition) is 6. The van der Waals surface area contributed by atoms with Crippen LogP contribution in [0.25, 0.3) is 0 Å². The molecule has 4 fully saturated rings. The minimum absolute atomic E-state index is 0.194. The van der Waals surface area contributed by atoms with Crippen molar-refractivity contribution in [2.24, 2.45) is 5.92 Å². The summed E-state index contributed by atoms with van der Waals surface area (Å²) >= 11 is 0. The van der Waals surface area contributed by atoms with Gasteiger partial charge in [0.25, 0.3) is 5.91 Å². The lowest BCUT2D eigenvalue weighted by molar-refractivity contribution is -0.178. The van der Waals surface area contributed by atoms with Crippen molar-refractivity contribution in [3.63, 3.8) is 0 Å². The van der Waals surface area contributed by atoms with Crippen molar-refractivity contribution in [1.29, 1.82) is 0 Å². The van der Waals surface area contributed by atoms with Gasteiger partial charge in [0.15, 0.2) is 5.79 Å². The maximum absolute atomic E-state index is 14.9. The quantitative estimate of drug-likeness (QED) is 0.624. The third kappa shape index (κ3) is 4.33. The molecule has 1 spiro atoms. The number of amides is 3. The van der Waals surface area contributed by atoms with Crippen molar-refractivity contribution >= 4 is 23.4 Å². The highest BCUT2D eigenvalue weighted by molar-refractivity contribution is 6.06. The minimum Gasteiger partial charge on any atom is -0.368 e. The SMILES string of the molecule is O=C1CCC(N2Cc3c(cc(F)cc3N(CCC3CC3)C3CCC4(CC3)OCCO4)C2=O)C(=O)N1. The van der Waals surface area contributed by atoms with E-state index in [-0.39, 0.29) is 37.2 Å². The zero-order valence-electron chi connectivity index (χ0n) is 19.9. The molecule has 0 radical (unpaired) electrons. The van der Waals surface area contributed by atoms with Crippen LogP contribution >= 0.6 is 0 Å². The number of benzene rings is 1. The smallest absolute Gasteiger partial charge is 0.255 e. The van der Waals surface area contributed by atoms with Gasteiger partial charge < -0.3 is 19.3 Å². The van der Waals surface area contributed by atoms with Crippen LogP contribution in [0.2, 0.25) is 0 Å². The number of nitrogens with zero attached hydrogens (tertiary/aromatic N) is 2. The molecule has 9 heteroatoms. The number of hydrogen-bond donors (Lipinski definition) is 1. The second-order valence-electron chi connectivity index (χ2n) is 10.6. The van der Waals surface area contributed by atoms with E-state index in [0.717, 1.165) is 55.8 Å². The summed E-state index contributed by atoms with van der Waals surface area (Å²) in [5.74, 6) is -1.31. The van der Waals surface area contributed by atoms with Gasteiger partial charge in [-0.3, -0.25) is 19.7 Å². The molecular weight excluding hydrogens is 453 g/mol. The van der Waals surface area contributed by atoms with Crippen molar-refractivity contribution in [3.8, 4) is 0 Å². The van der Waals surface area contributed by atoms with Crippen LogP contribution in [0.4, 0.5) is 10.1 Å². The maximum atomic E-state index is 14.9. The van der Waals surface area contributed by atoms with Gasteiger partial charge in [-0.25, -0.2) is 4.39 Å². The Hall–Kier alpha value is -2.52. The highest BCUT2D eigenvalue weighted by Gasteiger charge is 2.44. The number of rotatable bonds is 6. The van der Waals surface area contributed by atoms with Crippen LogP contribution in [-0.4, -0.2) is 60.3 Å². The predicted molar refractivity (Wildman–Crippen MR) is 124 cm³/mol. The number of piperidine rings is 1. The van der Waals surface area contributed by atoms with Gasteiger partial charge in [-0.1, -0.05) is 12.8 Å². The van der Waals surface area contributed by atoms with Crippen LogP contribution in [0.3, 0.4) is 0 Å². The van der Waals surface area contributed by atoms with E-state index in [2.05, 4.69) is 10.2 Å². The molecule has 2 saturated heterocycles. The molecule has 6 rings (SSSR count). The lowest BCUT2D eigenvalue weighted by Gasteiger charge is -2.42. The molecule has 1 atom stereocenters. The lowest BCUT2D eigenvalue weighted by Crippen LogP contribution is -2.52. The Labute approximate surface area is 204 Å². The van der Waals surface area contributed by atoms with Crippen LogP contribution in [-0.2, 0) is 25.6 Å². The van der Waals surface area contributed by atoms with E-state index in [1.807, 2.05) is 0 Å². The highest BCUT2D eigenvalue weighted by Crippen LogP contribution is 2.42. The van der Waals surface area contributed by atoms with Crippen molar-refractivity contribution in [1.82, 2.24) is 10.2 Å². The first-order valence-electron chi connectivity index (χ1n) is 12.9. The predicted octanol–water partition coefficient (Wildman–Crippen LogP) is 2.88. The zero-order chi connectivity index (χ0) is 24.2. The van der Waals surface area contributed by atoms with Crippen molar-refractivity contribution in [3.05, 3.63) is 29.1 Å². The molecule has 1 aromatic carbocycles. The maximum Gasteiger partial charge on any atom is 0.255 e. The normalized spacial score (nSPS) is 26.4. The summed E-state index contributed by atoms with van der Waals surface area (Å²) in [6.45, 7) is 2.32. The van der Waals surface area contributed by atoms with Gasteiger partial charge in [0.2, 0.25) is 11.8 Å². The van der Waals surface area contributed by atoms with Gasteiger partial charge in [0, 0.05) is 55.2 Å². The molecule has 5 aliphatic rings. The summed E-state index contributed by atoms with van der Waals surface area (Å²) in [6.07, 6.45) is 7.37. The Balaban J connectivity index is 1.28. The minimum atomic E-state index is -0.713. The number of nitrogens with one attached hydrogen (secondary N) is 1. The summed E-state index contributed by atoms with van der Waals surface area (Å²) in [5, 5.41) is 2.34. The zero-order valence-corrected chi connectivity index (χ0v) is 19.9. The summed E-state index contributed by atoms with van der Waals surface area (Å²) < 4.78 is 26.7. The van der Waals surface area contributed by atoms with E-state index >= 15 is 0 Å². The van der Waals surface area contributed by atoms with Gasteiger partial charge in [0.1, 0.15) is 11.9 Å². The summed E-state index contributed by atoms with van der Waals surface area (Å²) in [4.78, 5) is 41.2. The molecule has 1 N–H and O–H groups in total. The van der Waals surface area contributed by atoms with Gasteiger partial charge >= 0.3 is 0 Å². The second-order valence-corrected chi connectivity index (χ2v) is 10.6. The number of carbonyl (C=O) groups is 3. The number of fused-ring (bicyclic) bond motifs is 1. The number of imide groups is 1. The molecule has 3 aliphatic heterocycles.